The summed E-state index contributed by atoms with van der Waals surface area (Å²) in [5.74, 6) is -0.672. The Hall–Kier alpha value is -0.0849. The normalized spacial score (nSPS) is 13.3. The molecule has 57 heavy (non-hydrogen) atoms. The van der Waals surface area contributed by atoms with Crippen molar-refractivity contribution < 1.29 is 43.8 Å². The number of ether oxygens (including phenoxy) is 2. The largest absolute Gasteiger partial charge is 0.462 e. The van der Waals surface area contributed by atoms with Crippen LogP contribution in [0, 0.1) is 0 Å². The molecule has 18 heteroatoms. The third-order valence-corrected chi connectivity index (χ3v) is 37.7. The van der Waals surface area contributed by atoms with Gasteiger partial charge in [-0.05, 0) is 156 Å². The molecule has 0 saturated heterocycles. The summed E-state index contributed by atoms with van der Waals surface area (Å²) in [4.78, 5) is 23.2. The Morgan fingerprint density at radius 3 is 0.965 bits per heavy atom. The van der Waals surface area contributed by atoms with Crippen molar-refractivity contribution in [1.29, 1.82) is 0 Å². The minimum atomic E-state index is -2.68. The van der Waals surface area contributed by atoms with Gasteiger partial charge in [0.05, 0.1) is 13.2 Å². The molecule has 0 aromatic carbocycles. The summed E-state index contributed by atoms with van der Waals surface area (Å²) in [6.07, 6.45) is 6.19. The lowest BCUT2D eigenvalue weighted by atomic mass is 10.4. The molecular formula is C39H92O10Si8. The summed E-state index contributed by atoms with van der Waals surface area (Å²) in [5, 5.41) is 0. The lowest BCUT2D eigenvalue weighted by Crippen LogP contribution is -2.59. The van der Waals surface area contributed by atoms with Crippen LogP contribution in [0.15, 0.2) is 24.3 Å². The molecule has 0 aliphatic heterocycles. The van der Waals surface area contributed by atoms with E-state index in [2.05, 4.69) is 132 Å². The van der Waals surface area contributed by atoms with Crippen LogP contribution >= 0.6 is 0 Å². The van der Waals surface area contributed by atoms with Crippen LogP contribution in [0.3, 0.4) is 0 Å². The molecule has 0 heterocycles. The summed E-state index contributed by atoms with van der Waals surface area (Å²) in [7, 11) is -16.7. The fraction of sp³-hybridized carbons (Fsp3) is 0.846. The van der Waals surface area contributed by atoms with E-state index in [0.717, 1.165) is 30.6 Å². The quantitative estimate of drug-likeness (QED) is 0.0326. The van der Waals surface area contributed by atoms with Gasteiger partial charge in [0, 0.05) is 11.1 Å². The molecule has 0 spiro atoms. The van der Waals surface area contributed by atoms with Crippen molar-refractivity contribution in [3.05, 3.63) is 24.3 Å². The monoisotopic (exact) mass is 944 g/mol. The van der Waals surface area contributed by atoms with Crippen molar-refractivity contribution in [2.45, 2.75) is 203 Å². The van der Waals surface area contributed by atoms with Crippen molar-refractivity contribution in [1.82, 2.24) is 0 Å². The van der Waals surface area contributed by atoms with Crippen LogP contribution in [0.4, 0.5) is 0 Å². The highest BCUT2D eigenvalue weighted by molar-refractivity contribution is 6.91. The first-order valence-corrected chi connectivity index (χ1v) is 44.6. The van der Waals surface area contributed by atoms with E-state index < -0.39 is 67.5 Å². The Morgan fingerprint density at radius 2 is 0.719 bits per heavy atom. The molecule has 340 valence electrons. The van der Waals surface area contributed by atoms with Crippen molar-refractivity contribution in [3.8, 4) is 0 Å². The molecule has 0 bridgehead atoms. The molecule has 10 nitrogen and oxygen atoms in total. The van der Waals surface area contributed by atoms with Gasteiger partial charge < -0.3 is 34.2 Å². The number of hydrogen-bond donors (Lipinski definition) is 0. The highest BCUT2D eigenvalue weighted by Crippen LogP contribution is 2.32. The van der Waals surface area contributed by atoms with E-state index in [9.17, 15) is 9.59 Å². The van der Waals surface area contributed by atoms with Gasteiger partial charge in [0.1, 0.15) is 0 Å². The maximum atomic E-state index is 11.8. The minimum absolute atomic E-state index is 0. The van der Waals surface area contributed by atoms with Crippen LogP contribution in [-0.2, 0) is 43.8 Å². The zero-order chi connectivity index (χ0) is 44.5. The Bertz CT molecular complexity index is 1160. The lowest BCUT2D eigenvalue weighted by Gasteiger charge is -2.44. The molecular weight excluding hydrogens is 853 g/mol. The summed E-state index contributed by atoms with van der Waals surface area (Å²) < 4.78 is 50.6. The first-order chi connectivity index (χ1) is 25.0. The van der Waals surface area contributed by atoms with Gasteiger partial charge in [0.2, 0.25) is 0 Å². The number of unbranched alkanes of at least 4 members (excludes halogenated alkanes) is 2. The third-order valence-electron chi connectivity index (χ3n) is 7.99. The zero-order valence-corrected chi connectivity index (χ0v) is 48.0. The van der Waals surface area contributed by atoms with Crippen LogP contribution in [-0.4, -0.2) is 92.7 Å². The molecule has 0 aliphatic carbocycles. The summed E-state index contributed by atoms with van der Waals surface area (Å²) >= 11 is 0. The van der Waals surface area contributed by atoms with Crippen LogP contribution in [0.5, 0.6) is 0 Å². The average molecular weight is 946 g/mol. The fourth-order valence-electron chi connectivity index (χ4n) is 6.62. The van der Waals surface area contributed by atoms with Crippen LogP contribution in [0.2, 0.25) is 129 Å². The Kier molecular flexibility index (Phi) is 28.4. The van der Waals surface area contributed by atoms with Crippen LogP contribution < -0.4 is 0 Å². The van der Waals surface area contributed by atoms with Gasteiger partial charge in [-0.25, -0.2) is 9.59 Å². The van der Waals surface area contributed by atoms with Gasteiger partial charge in [-0.3, -0.25) is 0 Å². The van der Waals surface area contributed by atoms with E-state index in [4.69, 9.17) is 34.2 Å². The molecule has 0 saturated carbocycles. The summed E-state index contributed by atoms with van der Waals surface area (Å²) in [6.45, 7) is 50.9. The molecule has 0 fully saturated rings. The Labute approximate surface area is 361 Å². The van der Waals surface area contributed by atoms with Crippen molar-refractivity contribution >= 4 is 79.5 Å². The maximum absolute atomic E-state index is 11.8. The molecule has 0 amide bonds. The molecule has 0 unspecified atom stereocenters. The number of esters is 2. The fourth-order valence-corrected chi connectivity index (χ4v) is 44.6. The number of rotatable bonds is 28. The predicted molar refractivity (Wildman–Crippen MR) is 263 cm³/mol. The maximum Gasteiger partial charge on any atom is 0.333 e. The van der Waals surface area contributed by atoms with Gasteiger partial charge in [-0.1, -0.05) is 60.1 Å². The zero-order valence-electron chi connectivity index (χ0n) is 40.0. The number of carbonyl (C=O) groups excluding carboxylic acids is 2. The van der Waals surface area contributed by atoms with E-state index in [1.807, 2.05) is 0 Å². The molecule has 0 N–H and O–H groups in total. The number of carbonyl (C=O) groups is 2. The van der Waals surface area contributed by atoms with Crippen molar-refractivity contribution in [3.63, 3.8) is 0 Å². The Morgan fingerprint density at radius 1 is 0.439 bits per heavy atom. The average Bonchev–Trinajstić information content (AvgIpc) is 2.95. The number of hydrogen-bond acceptors (Lipinski definition) is 10. The van der Waals surface area contributed by atoms with Crippen molar-refractivity contribution in [2.75, 3.05) is 13.2 Å². The van der Waals surface area contributed by atoms with Crippen LogP contribution in [0.25, 0.3) is 0 Å². The van der Waals surface area contributed by atoms with E-state index in [1.165, 1.54) is 25.7 Å². The molecule has 0 rings (SSSR count). The molecule has 0 aromatic heterocycles. The highest BCUT2D eigenvalue weighted by Gasteiger charge is 2.48. The van der Waals surface area contributed by atoms with Gasteiger partial charge >= 0.3 is 46.2 Å². The lowest BCUT2D eigenvalue weighted by molar-refractivity contribution is -0.139. The van der Waals surface area contributed by atoms with E-state index in [-0.39, 0.29) is 19.4 Å². The predicted octanol–water partition coefficient (Wildman–Crippen LogP) is 13.0. The molecule has 0 aromatic rings. The first kappa shape index (κ1) is 61.2. The van der Waals surface area contributed by atoms with Crippen molar-refractivity contribution in [2.24, 2.45) is 0 Å². The second-order valence-corrected chi connectivity index (χ2v) is 52.2. The standard InChI is InChI=1S/C24H56O6Si5.C14H32O4Si3.CH4/c1-14-16-20-31(5,6)27-33(9,10)29-35(13,22-18-19-26-24(25)23(3)4)30-34(11,12)28-32(7,8)21-17-15-2;1-13(2)14(15)16-11-10-12-21(9,17-19(3,4)5)18-20(6,7)8;/h3,14-22H2,1-2,4-13H3;1,10-12H2,2-9H3;1H4. The third kappa shape index (κ3) is 33.3. The second-order valence-electron chi connectivity index (χ2n) is 19.7. The first-order valence-electron chi connectivity index (χ1n) is 20.9. The van der Waals surface area contributed by atoms with Gasteiger partial charge in [0.25, 0.3) is 0 Å². The molecule has 0 atom stereocenters. The summed E-state index contributed by atoms with van der Waals surface area (Å²) in [5.41, 5.74) is 0.853. The second kappa shape index (κ2) is 26.4. The van der Waals surface area contributed by atoms with Gasteiger partial charge in [-0.2, -0.15) is 0 Å². The smallest absolute Gasteiger partial charge is 0.333 e. The minimum Gasteiger partial charge on any atom is -0.462 e. The van der Waals surface area contributed by atoms with E-state index >= 15 is 0 Å². The van der Waals surface area contributed by atoms with Gasteiger partial charge in [0.15, 0.2) is 33.3 Å². The Balaban J connectivity index is -0.00000113. The van der Waals surface area contributed by atoms with E-state index in [1.54, 1.807) is 13.8 Å². The highest BCUT2D eigenvalue weighted by atomic mass is 28.5. The van der Waals surface area contributed by atoms with Crippen LogP contribution in [0.1, 0.15) is 73.6 Å². The van der Waals surface area contributed by atoms with E-state index in [0.29, 0.717) is 30.8 Å². The topological polar surface area (TPSA) is 108 Å². The van der Waals surface area contributed by atoms with Gasteiger partial charge in [-0.15, -0.1) is 0 Å². The molecule has 0 radical (unpaired) electrons. The molecule has 0 aliphatic rings. The summed E-state index contributed by atoms with van der Waals surface area (Å²) in [6, 6.07) is 3.86. The SMILES string of the molecule is C.C=C(C)C(=O)OCCC[Si](C)(O[Si](C)(C)C)O[Si](C)(C)C.C=C(C)C(=O)OCCC[Si](C)(O[Si](C)(C)O[Si](C)(C)CCCC)O[Si](C)(C)O[Si](C)(C)CCCC.